The molecule has 1 unspecified atom stereocenters. The van der Waals surface area contributed by atoms with Crippen molar-refractivity contribution in [3.63, 3.8) is 0 Å². The average molecular weight is 222 g/mol. The smallest absolute Gasteiger partial charge is 0.240 e. The summed E-state index contributed by atoms with van der Waals surface area (Å²) < 4.78 is 13.1. The van der Waals surface area contributed by atoms with Gasteiger partial charge >= 0.3 is 0 Å². The maximum absolute atomic E-state index is 13.1. The van der Waals surface area contributed by atoms with Crippen LogP contribution in [0.1, 0.15) is 18.9 Å². The summed E-state index contributed by atoms with van der Waals surface area (Å²) in [6, 6.07) is 4.06. The Labute approximate surface area is 91.8 Å². The average Bonchev–Trinajstić information content (AvgIpc) is 2.22. The second-order valence-corrected chi connectivity index (χ2v) is 3.80. The lowest BCUT2D eigenvalue weighted by atomic mass is 9.94. The summed E-state index contributed by atoms with van der Waals surface area (Å²) in [6.07, 6.45) is 0.335. The van der Waals surface area contributed by atoms with Gasteiger partial charge in [0.05, 0.1) is 5.71 Å². The first-order valence-corrected chi connectivity index (χ1v) is 4.93. The van der Waals surface area contributed by atoms with Gasteiger partial charge in [0.25, 0.3) is 0 Å². The number of phenols is 1. The molecule has 1 aromatic carbocycles. The van der Waals surface area contributed by atoms with E-state index in [0.29, 0.717) is 17.7 Å². The van der Waals surface area contributed by atoms with Crippen molar-refractivity contribution < 1.29 is 14.3 Å². The van der Waals surface area contributed by atoms with Crippen molar-refractivity contribution >= 4 is 11.6 Å². The molecule has 84 valence electrons. The Morgan fingerprint density at radius 2 is 2.31 bits per heavy atom. The molecule has 4 nitrogen and oxygen atoms in total. The molecular formula is C11H11FN2O2. The van der Waals surface area contributed by atoms with Crippen LogP contribution < -0.4 is 5.43 Å². The Balaban J connectivity index is 2.37. The summed E-state index contributed by atoms with van der Waals surface area (Å²) in [5.41, 5.74) is 3.55. The van der Waals surface area contributed by atoms with Gasteiger partial charge in [0.2, 0.25) is 5.91 Å². The molecule has 1 atom stereocenters. The van der Waals surface area contributed by atoms with Gasteiger partial charge in [0, 0.05) is 17.9 Å². The molecular weight excluding hydrogens is 211 g/mol. The first kappa shape index (κ1) is 10.6. The first-order chi connectivity index (χ1) is 7.58. The summed E-state index contributed by atoms with van der Waals surface area (Å²) in [4.78, 5) is 11.0. The highest BCUT2D eigenvalue weighted by Gasteiger charge is 2.22. The third-order valence-electron chi connectivity index (χ3n) is 2.50. The number of nitrogens with one attached hydrogen (secondary N) is 1. The van der Waals surface area contributed by atoms with Crippen molar-refractivity contribution in [3.8, 4) is 5.75 Å². The van der Waals surface area contributed by atoms with Gasteiger partial charge in [-0.15, -0.1) is 0 Å². The van der Waals surface area contributed by atoms with Crippen LogP contribution in [0.5, 0.6) is 5.75 Å². The molecule has 0 radical (unpaired) electrons. The number of rotatable bonds is 1. The summed E-state index contributed by atoms with van der Waals surface area (Å²) in [5.74, 6) is -1.28. The van der Waals surface area contributed by atoms with Crippen molar-refractivity contribution in [2.24, 2.45) is 11.0 Å². The number of nitrogens with zero attached hydrogens (tertiary/aromatic N) is 1. The molecule has 0 aromatic heterocycles. The van der Waals surface area contributed by atoms with Crippen LogP contribution in [0.3, 0.4) is 0 Å². The minimum atomic E-state index is -0.690. The highest BCUT2D eigenvalue weighted by atomic mass is 19.1. The van der Waals surface area contributed by atoms with E-state index in [9.17, 15) is 9.18 Å². The Bertz CT molecular complexity index is 471. The lowest BCUT2D eigenvalue weighted by Gasteiger charge is -2.19. The van der Waals surface area contributed by atoms with E-state index in [2.05, 4.69) is 10.5 Å². The quantitative estimate of drug-likeness (QED) is 0.754. The number of carbonyl (C=O) groups excluding carboxylic acids is 1. The van der Waals surface area contributed by atoms with Crippen LogP contribution in [-0.4, -0.2) is 16.7 Å². The van der Waals surface area contributed by atoms with Crippen LogP contribution in [0.2, 0.25) is 0 Å². The van der Waals surface area contributed by atoms with E-state index < -0.39 is 11.6 Å². The summed E-state index contributed by atoms with van der Waals surface area (Å²) in [5, 5.41) is 13.0. The van der Waals surface area contributed by atoms with Crippen LogP contribution in [0.25, 0.3) is 0 Å². The topological polar surface area (TPSA) is 61.7 Å². The number of phenolic OH excluding ortho intramolecular Hbond substituents is 1. The Hall–Kier alpha value is -1.91. The third-order valence-corrected chi connectivity index (χ3v) is 2.50. The van der Waals surface area contributed by atoms with E-state index in [4.69, 9.17) is 5.11 Å². The lowest BCUT2D eigenvalue weighted by Crippen LogP contribution is -2.31. The van der Waals surface area contributed by atoms with Gasteiger partial charge in [-0.05, 0) is 18.2 Å². The SMILES string of the molecule is CC1CC(=O)NN=C1c1ccc(O)c(F)c1. The molecule has 0 spiro atoms. The van der Waals surface area contributed by atoms with Gasteiger partial charge < -0.3 is 5.11 Å². The van der Waals surface area contributed by atoms with Crippen LogP contribution >= 0.6 is 0 Å². The van der Waals surface area contributed by atoms with E-state index in [-0.39, 0.29) is 11.8 Å². The van der Waals surface area contributed by atoms with Crippen LogP contribution in [0.4, 0.5) is 4.39 Å². The summed E-state index contributed by atoms with van der Waals surface area (Å²) in [6.45, 7) is 1.85. The zero-order chi connectivity index (χ0) is 11.7. The van der Waals surface area contributed by atoms with Crippen molar-refractivity contribution in [1.82, 2.24) is 5.43 Å². The summed E-state index contributed by atoms with van der Waals surface area (Å²) >= 11 is 0. The fraction of sp³-hybridized carbons (Fsp3) is 0.273. The molecule has 0 fully saturated rings. The second-order valence-electron chi connectivity index (χ2n) is 3.80. The second kappa shape index (κ2) is 3.92. The molecule has 1 aromatic rings. The molecule has 1 aliphatic heterocycles. The Morgan fingerprint density at radius 3 is 2.94 bits per heavy atom. The predicted molar refractivity (Wildman–Crippen MR) is 56.5 cm³/mol. The van der Waals surface area contributed by atoms with E-state index in [0.717, 1.165) is 0 Å². The molecule has 1 aliphatic rings. The molecule has 1 heterocycles. The molecule has 0 saturated heterocycles. The van der Waals surface area contributed by atoms with Gasteiger partial charge in [-0.2, -0.15) is 5.10 Å². The zero-order valence-electron chi connectivity index (χ0n) is 8.70. The molecule has 0 aliphatic carbocycles. The number of hydrogen-bond acceptors (Lipinski definition) is 3. The lowest BCUT2D eigenvalue weighted by molar-refractivity contribution is -0.121. The van der Waals surface area contributed by atoms with E-state index in [1.165, 1.54) is 12.1 Å². The normalized spacial score (nSPS) is 20.2. The minimum Gasteiger partial charge on any atom is -0.505 e. The highest BCUT2D eigenvalue weighted by molar-refractivity contribution is 6.05. The first-order valence-electron chi connectivity index (χ1n) is 4.93. The van der Waals surface area contributed by atoms with Crippen molar-refractivity contribution in [1.29, 1.82) is 0 Å². The number of carbonyl (C=O) groups is 1. The van der Waals surface area contributed by atoms with Gasteiger partial charge in [0.15, 0.2) is 11.6 Å². The molecule has 0 bridgehead atoms. The zero-order valence-corrected chi connectivity index (χ0v) is 8.70. The Kier molecular flexibility index (Phi) is 2.60. The molecule has 5 heteroatoms. The van der Waals surface area contributed by atoms with Crippen LogP contribution in [-0.2, 0) is 4.79 Å². The predicted octanol–water partition coefficient (Wildman–Crippen LogP) is 1.39. The molecule has 16 heavy (non-hydrogen) atoms. The highest BCUT2D eigenvalue weighted by Crippen LogP contribution is 2.21. The molecule has 2 rings (SSSR count). The number of hydrazone groups is 1. The van der Waals surface area contributed by atoms with Crippen LogP contribution in [0.15, 0.2) is 23.3 Å². The maximum Gasteiger partial charge on any atom is 0.240 e. The number of halogens is 1. The van der Waals surface area contributed by atoms with E-state index in [1.54, 1.807) is 6.07 Å². The fourth-order valence-corrected chi connectivity index (χ4v) is 1.67. The molecule has 2 N–H and O–H groups in total. The van der Waals surface area contributed by atoms with Gasteiger partial charge in [-0.3, -0.25) is 4.79 Å². The number of aromatic hydroxyl groups is 1. The summed E-state index contributed by atoms with van der Waals surface area (Å²) in [7, 11) is 0. The monoisotopic (exact) mass is 222 g/mol. The Morgan fingerprint density at radius 1 is 1.56 bits per heavy atom. The molecule has 1 amide bonds. The number of amides is 1. The standard InChI is InChI=1S/C11H11FN2O2/c1-6-4-10(16)13-14-11(6)7-2-3-9(15)8(12)5-7/h2-3,5-6,15H,4H2,1H3,(H,13,16). The fourth-order valence-electron chi connectivity index (χ4n) is 1.67. The third kappa shape index (κ3) is 1.88. The largest absolute Gasteiger partial charge is 0.505 e. The number of benzene rings is 1. The van der Waals surface area contributed by atoms with Crippen molar-refractivity contribution in [2.45, 2.75) is 13.3 Å². The van der Waals surface area contributed by atoms with Crippen LogP contribution in [0, 0.1) is 11.7 Å². The number of hydrogen-bond donors (Lipinski definition) is 2. The van der Waals surface area contributed by atoms with Gasteiger partial charge in [-0.1, -0.05) is 6.92 Å². The molecule has 0 saturated carbocycles. The maximum atomic E-state index is 13.1. The van der Waals surface area contributed by atoms with Gasteiger partial charge in [0.1, 0.15) is 0 Å². The van der Waals surface area contributed by atoms with Crippen molar-refractivity contribution in [3.05, 3.63) is 29.6 Å². The van der Waals surface area contributed by atoms with Crippen molar-refractivity contribution in [2.75, 3.05) is 0 Å². The van der Waals surface area contributed by atoms with Gasteiger partial charge in [-0.25, -0.2) is 9.82 Å². The minimum absolute atomic E-state index is 0.0577. The van der Waals surface area contributed by atoms with E-state index >= 15 is 0 Å². The van der Waals surface area contributed by atoms with E-state index in [1.807, 2.05) is 6.92 Å².